The van der Waals surface area contributed by atoms with Gasteiger partial charge in [-0.05, 0) is 37.1 Å². The SMILES string of the molecule is C=CC(=O)Nc1ccc2oc(N3CCCC(Nc4ncc(C#N)c(OC)n4)C3)nc2c1. The Hall–Kier alpha value is -4.13. The summed E-state index contributed by atoms with van der Waals surface area (Å²) in [5.41, 5.74) is 2.21. The average Bonchev–Trinajstić information content (AvgIpc) is 3.22. The molecule has 1 aliphatic rings. The number of carbonyl (C=O) groups is 1. The van der Waals surface area contributed by atoms with Crippen molar-refractivity contribution in [2.75, 3.05) is 35.7 Å². The lowest BCUT2D eigenvalue weighted by molar-refractivity contribution is -0.111. The lowest BCUT2D eigenvalue weighted by Gasteiger charge is -2.32. The largest absolute Gasteiger partial charge is 0.480 e. The fourth-order valence-electron chi connectivity index (χ4n) is 3.44. The van der Waals surface area contributed by atoms with Crippen LogP contribution in [0.4, 0.5) is 17.7 Å². The van der Waals surface area contributed by atoms with Crippen LogP contribution in [0.15, 0.2) is 41.5 Å². The molecule has 158 valence electrons. The molecule has 1 amide bonds. The third kappa shape index (κ3) is 4.40. The van der Waals surface area contributed by atoms with Crippen LogP contribution in [-0.4, -0.2) is 47.1 Å². The number of nitrogens with zero attached hydrogens (tertiary/aromatic N) is 5. The molecule has 1 unspecified atom stereocenters. The molecule has 2 aromatic heterocycles. The van der Waals surface area contributed by atoms with E-state index in [1.165, 1.54) is 19.4 Å². The fraction of sp³-hybridized carbons (Fsp3) is 0.286. The van der Waals surface area contributed by atoms with E-state index < -0.39 is 0 Å². The molecule has 10 nitrogen and oxygen atoms in total. The molecule has 4 rings (SSSR count). The van der Waals surface area contributed by atoms with Crippen LogP contribution >= 0.6 is 0 Å². The van der Waals surface area contributed by atoms with Gasteiger partial charge >= 0.3 is 0 Å². The third-order valence-electron chi connectivity index (χ3n) is 4.92. The van der Waals surface area contributed by atoms with Gasteiger partial charge in [0.15, 0.2) is 5.58 Å². The maximum absolute atomic E-state index is 11.5. The number of fused-ring (bicyclic) bond motifs is 1. The summed E-state index contributed by atoms with van der Waals surface area (Å²) in [6, 6.07) is 7.90. The zero-order valence-corrected chi connectivity index (χ0v) is 17.0. The van der Waals surface area contributed by atoms with Crippen molar-refractivity contribution in [2.45, 2.75) is 18.9 Å². The van der Waals surface area contributed by atoms with Crippen molar-refractivity contribution in [3.05, 3.63) is 42.6 Å². The summed E-state index contributed by atoms with van der Waals surface area (Å²) in [6.07, 6.45) is 4.52. The molecule has 3 aromatic rings. The Bertz CT molecular complexity index is 1170. The first-order valence-electron chi connectivity index (χ1n) is 9.76. The average molecular weight is 419 g/mol. The van der Waals surface area contributed by atoms with Crippen molar-refractivity contribution in [1.29, 1.82) is 5.26 Å². The first-order chi connectivity index (χ1) is 15.1. The molecule has 0 spiro atoms. The number of aromatic nitrogens is 3. The van der Waals surface area contributed by atoms with Crippen LogP contribution in [0.3, 0.4) is 0 Å². The summed E-state index contributed by atoms with van der Waals surface area (Å²) in [7, 11) is 1.47. The van der Waals surface area contributed by atoms with E-state index in [4.69, 9.17) is 14.4 Å². The number of anilines is 3. The summed E-state index contributed by atoms with van der Waals surface area (Å²) in [5.74, 6) is 0.364. The second kappa shape index (κ2) is 8.71. The van der Waals surface area contributed by atoms with Gasteiger partial charge in [0.2, 0.25) is 17.7 Å². The van der Waals surface area contributed by atoms with Crippen molar-refractivity contribution in [3.63, 3.8) is 0 Å². The minimum atomic E-state index is -0.283. The zero-order valence-electron chi connectivity index (χ0n) is 17.0. The molecule has 0 aliphatic carbocycles. The number of amides is 1. The number of methoxy groups -OCH3 is 1. The quantitative estimate of drug-likeness (QED) is 0.579. The number of nitrogens with one attached hydrogen (secondary N) is 2. The highest BCUT2D eigenvalue weighted by molar-refractivity contribution is 5.99. The third-order valence-corrected chi connectivity index (χ3v) is 4.92. The molecule has 10 heteroatoms. The molecule has 3 heterocycles. The molecular weight excluding hydrogens is 398 g/mol. The van der Waals surface area contributed by atoms with Gasteiger partial charge in [0.05, 0.1) is 13.3 Å². The Kier molecular flexibility index (Phi) is 5.66. The van der Waals surface area contributed by atoms with Crippen molar-refractivity contribution >= 4 is 34.7 Å². The van der Waals surface area contributed by atoms with E-state index in [0.29, 0.717) is 35.3 Å². The lowest BCUT2D eigenvalue weighted by atomic mass is 10.1. The minimum absolute atomic E-state index is 0.0730. The van der Waals surface area contributed by atoms with E-state index in [9.17, 15) is 4.79 Å². The number of carbonyl (C=O) groups excluding carboxylic acids is 1. The summed E-state index contributed by atoms with van der Waals surface area (Å²) in [4.78, 5) is 26.6. The van der Waals surface area contributed by atoms with Crippen LogP contribution in [0.1, 0.15) is 18.4 Å². The number of rotatable bonds is 6. The Balaban J connectivity index is 1.48. The molecule has 0 saturated carbocycles. The molecule has 1 aliphatic heterocycles. The van der Waals surface area contributed by atoms with E-state index in [-0.39, 0.29) is 23.4 Å². The number of hydrogen-bond acceptors (Lipinski definition) is 9. The number of ether oxygens (including phenoxy) is 1. The fourth-order valence-corrected chi connectivity index (χ4v) is 3.44. The lowest BCUT2D eigenvalue weighted by Crippen LogP contribution is -2.42. The highest BCUT2D eigenvalue weighted by Crippen LogP contribution is 2.27. The topological polar surface area (TPSA) is 129 Å². The Morgan fingerprint density at radius 2 is 2.32 bits per heavy atom. The highest BCUT2D eigenvalue weighted by Gasteiger charge is 2.24. The summed E-state index contributed by atoms with van der Waals surface area (Å²) < 4.78 is 11.1. The summed E-state index contributed by atoms with van der Waals surface area (Å²) in [6.45, 7) is 4.91. The van der Waals surface area contributed by atoms with Crippen LogP contribution < -0.4 is 20.3 Å². The van der Waals surface area contributed by atoms with Gasteiger partial charge in [0.1, 0.15) is 17.1 Å². The highest BCUT2D eigenvalue weighted by atomic mass is 16.5. The van der Waals surface area contributed by atoms with Gasteiger partial charge in [-0.25, -0.2) is 4.98 Å². The Labute approximate surface area is 178 Å². The van der Waals surface area contributed by atoms with Gasteiger partial charge in [-0.1, -0.05) is 6.58 Å². The number of oxazole rings is 1. The van der Waals surface area contributed by atoms with E-state index >= 15 is 0 Å². The standard InChI is InChI=1S/C21H21N7O3/c1-3-18(29)24-14-6-7-17-16(9-14)26-21(31-17)28-8-4-5-15(12-28)25-20-23-11-13(10-22)19(27-20)30-2/h3,6-7,9,11,15H,1,4-5,8,12H2,2H3,(H,24,29)(H,23,25,27). The zero-order chi connectivity index (χ0) is 21.8. The summed E-state index contributed by atoms with van der Waals surface area (Å²) >= 11 is 0. The van der Waals surface area contributed by atoms with Crippen LogP contribution in [0.2, 0.25) is 0 Å². The molecular formula is C21H21N7O3. The van der Waals surface area contributed by atoms with Crippen LogP contribution in [-0.2, 0) is 4.79 Å². The molecule has 1 atom stereocenters. The van der Waals surface area contributed by atoms with Gasteiger partial charge in [-0.3, -0.25) is 4.79 Å². The normalized spacial score (nSPS) is 15.9. The van der Waals surface area contributed by atoms with Crippen LogP contribution in [0.5, 0.6) is 5.88 Å². The monoisotopic (exact) mass is 419 g/mol. The second-order valence-electron chi connectivity index (χ2n) is 7.03. The molecule has 1 saturated heterocycles. The van der Waals surface area contributed by atoms with E-state index in [1.54, 1.807) is 18.2 Å². The van der Waals surface area contributed by atoms with E-state index in [2.05, 4.69) is 37.1 Å². The number of piperidine rings is 1. The van der Waals surface area contributed by atoms with E-state index in [1.807, 2.05) is 6.07 Å². The molecule has 2 N–H and O–H groups in total. The maximum Gasteiger partial charge on any atom is 0.298 e. The van der Waals surface area contributed by atoms with Gasteiger partial charge in [0.25, 0.3) is 6.01 Å². The molecule has 31 heavy (non-hydrogen) atoms. The van der Waals surface area contributed by atoms with Gasteiger partial charge in [-0.2, -0.15) is 15.2 Å². The van der Waals surface area contributed by atoms with Crippen molar-refractivity contribution in [1.82, 2.24) is 15.0 Å². The molecule has 0 bridgehead atoms. The predicted octanol–water partition coefficient (Wildman–Crippen LogP) is 2.70. The van der Waals surface area contributed by atoms with Crippen LogP contribution in [0.25, 0.3) is 11.1 Å². The van der Waals surface area contributed by atoms with Gasteiger partial charge < -0.3 is 24.7 Å². The molecule has 1 aromatic carbocycles. The number of nitriles is 1. The van der Waals surface area contributed by atoms with Crippen molar-refractivity contribution in [3.8, 4) is 11.9 Å². The predicted molar refractivity (Wildman–Crippen MR) is 115 cm³/mol. The van der Waals surface area contributed by atoms with Crippen molar-refractivity contribution < 1.29 is 13.9 Å². The number of benzene rings is 1. The minimum Gasteiger partial charge on any atom is -0.480 e. The van der Waals surface area contributed by atoms with Crippen LogP contribution in [0, 0.1) is 11.3 Å². The van der Waals surface area contributed by atoms with Gasteiger partial charge in [-0.15, -0.1) is 0 Å². The summed E-state index contributed by atoms with van der Waals surface area (Å²) in [5, 5.41) is 15.1. The Morgan fingerprint density at radius 1 is 1.45 bits per heavy atom. The van der Waals surface area contributed by atoms with Crippen molar-refractivity contribution in [2.24, 2.45) is 0 Å². The second-order valence-corrected chi connectivity index (χ2v) is 7.03. The smallest absolute Gasteiger partial charge is 0.298 e. The van der Waals surface area contributed by atoms with E-state index in [0.717, 1.165) is 19.4 Å². The maximum atomic E-state index is 11.5. The molecule has 1 fully saturated rings. The molecule has 0 radical (unpaired) electrons. The number of hydrogen-bond donors (Lipinski definition) is 2. The first kappa shape index (κ1) is 20.2. The first-order valence-corrected chi connectivity index (χ1v) is 9.76. The Morgan fingerprint density at radius 3 is 3.10 bits per heavy atom. The van der Waals surface area contributed by atoms with Gasteiger partial charge in [0, 0.05) is 24.8 Å².